The fraction of sp³-hybridized carbons (Fsp3) is 0. The minimum Gasteiger partial charge on any atom is -0.478 e. The summed E-state index contributed by atoms with van der Waals surface area (Å²) < 4.78 is 0. The minimum atomic E-state index is -0.995. The summed E-state index contributed by atoms with van der Waals surface area (Å²) in [7, 11) is 0. The molecule has 3 aromatic carbocycles. The van der Waals surface area contributed by atoms with Crippen LogP contribution in [0.4, 0.5) is 0 Å². The Bertz CT molecular complexity index is 911. The van der Waals surface area contributed by atoms with Crippen LogP contribution in [0, 0.1) is 0 Å². The maximum atomic E-state index is 10.3. The van der Waals surface area contributed by atoms with Gasteiger partial charge in [-0.25, -0.2) is 14.4 Å². The number of hydrogen-bond donors (Lipinski definition) is 3. The summed E-state index contributed by atoms with van der Waals surface area (Å²) in [6.45, 7) is 0. The summed E-state index contributed by atoms with van der Waals surface area (Å²) in [5.74, 6) is -2.98. The van der Waals surface area contributed by atoms with E-state index in [1.165, 1.54) is 18.2 Å². The molecule has 0 aliphatic rings. The van der Waals surface area contributed by atoms with Crippen LogP contribution in [-0.2, 0) is 25.8 Å². The molecule has 3 N–H and O–H groups in total. The van der Waals surface area contributed by atoms with Crippen molar-refractivity contribution in [3.05, 3.63) is 105 Å². The van der Waals surface area contributed by atoms with Gasteiger partial charge in [-0.15, -0.1) is 0 Å². The molecule has 0 fully saturated rings. The number of aromatic carboxylic acids is 3. The fourth-order valence-corrected chi connectivity index (χ4v) is 2.55. The van der Waals surface area contributed by atoms with Crippen molar-refractivity contribution >= 4 is 52.7 Å². The average molecular weight is 515 g/mol. The Morgan fingerprint density at radius 2 is 0.677 bits per heavy atom. The molecule has 3 aromatic rings. The Morgan fingerprint density at radius 1 is 0.484 bits per heavy atom. The SMILES string of the molecule is O=C(O)c1ccccc1Cl.O=C(O)c1ccccc1Cl.O=C(O)c1ccccc1Cl.[Sc]. The molecule has 0 aromatic heterocycles. The molecule has 31 heavy (non-hydrogen) atoms. The summed E-state index contributed by atoms with van der Waals surface area (Å²) in [5, 5.41) is 26.3. The van der Waals surface area contributed by atoms with Crippen LogP contribution in [-0.4, -0.2) is 33.2 Å². The van der Waals surface area contributed by atoms with Crippen molar-refractivity contribution in [3.8, 4) is 0 Å². The molecule has 6 nitrogen and oxygen atoms in total. The van der Waals surface area contributed by atoms with Crippen LogP contribution in [0.2, 0.25) is 15.1 Å². The number of carboxylic acids is 3. The van der Waals surface area contributed by atoms with E-state index in [1.54, 1.807) is 54.6 Å². The third-order valence-electron chi connectivity index (χ3n) is 3.31. The average Bonchev–Trinajstić information content (AvgIpc) is 2.69. The Morgan fingerprint density at radius 3 is 0.806 bits per heavy atom. The Balaban J connectivity index is 0.000000429. The molecule has 159 valence electrons. The van der Waals surface area contributed by atoms with E-state index in [1.807, 2.05) is 0 Å². The van der Waals surface area contributed by atoms with Crippen LogP contribution in [0.3, 0.4) is 0 Å². The summed E-state index contributed by atoms with van der Waals surface area (Å²) >= 11 is 16.6. The van der Waals surface area contributed by atoms with Crippen LogP contribution >= 0.6 is 34.8 Å². The largest absolute Gasteiger partial charge is 0.478 e. The van der Waals surface area contributed by atoms with Crippen LogP contribution in [0.25, 0.3) is 0 Å². The van der Waals surface area contributed by atoms with Crippen molar-refractivity contribution < 1.29 is 55.5 Å². The number of rotatable bonds is 3. The third kappa shape index (κ3) is 10.1. The molecular formula is C21H15Cl3O6Sc. The van der Waals surface area contributed by atoms with Gasteiger partial charge in [-0.05, 0) is 36.4 Å². The predicted molar refractivity (Wildman–Crippen MR) is 115 cm³/mol. The van der Waals surface area contributed by atoms with Crippen LogP contribution < -0.4 is 0 Å². The molecule has 0 saturated heterocycles. The second-order valence-electron chi connectivity index (χ2n) is 5.35. The zero-order chi connectivity index (χ0) is 22.7. The van der Waals surface area contributed by atoms with E-state index >= 15 is 0 Å². The van der Waals surface area contributed by atoms with Crippen LogP contribution in [0.15, 0.2) is 72.8 Å². The van der Waals surface area contributed by atoms with Crippen LogP contribution in [0.5, 0.6) is 0 Å². The van der Waals surface area contributed by atoms with Crippen molar-refractivity contribution in [2.45, 2.75) is 0 Å². The van der Waals surface area contributed by atoms with Crippen molar-refractivity contribution in [1.82, 2.24) is 0 Å². The topological polar surface area (TPSA) is 112 Å². The van der Waals surface area contributed by atoms with E-state index in [4.69, 9.17) is 50.1 Å². The van der Waals surface area contributed by atoms with E-state index in [-0.39, 0.29) is 57.6 Å². The maximum Gasteiger partial charge on any atom is 0.337 e. The maximum absolute atomic E-state index is 10.3. The number of carbonyl (C=O) groups is 3. The molecule has 0 aliphatic carbocycles. The van der Waals surface area contributed by atoms with Gasteiger partial charge in [0, 0.05) is 25.8 Å². The van der Waals surface area contributed by atoms with Gasteiger partial charge in [0.1, 0.15) is 0 Å². The van der Waals surface area contributed by atoms with Gasteiger partial charge < -0.3 is 15.3 Å². The van der Waals surface area contributed by atoms with E-state index in [9.17, 15) is 14.4 Å². The van der Waals surface area contributed by atoms with Gasteiger partial charge in [0.2, 0.25) is 0 Å². The minimum absolute atomic E-state index is 0. The first kappa shape index (κ1) is 28.8. The summed E-state index contributed by atoms with van der Waals surface area (Å²) in [5.41, 5.74) is 0.428. The zero-order valence-corrected chi connectivity index (χ0v) is 19.8. The first-order valence-electron chi connectivity index (χ1n) is 8.08. The molecule has 0 unspecified atom stereocenters. The third-order valence-corrected chi connectivity index (χ3v) is 4.30. The first-order valence-corrected chi connectivity index (χ1v) is 9.22. The van der Waals surface area contributed by atoms with Gasteiger partial charge in [0.15, 0.2) is 0 Å². The molecule has 0 amide bonds. The van der Waals surface area contributed by atoms with Crippen molar-refractivity contribution in [2.24, 2.45) is 0 Å². The number of carboxylic acid groups (broad SMARTS) is 3. The van der Waals surface area contributed by atoms with Gasteiger partial charge in [0.25, 0.3) is 0 Å². The summed E-state index contributed by atoms with van der Waals surface area (Å²) in [6, 6.07) is 19.0. The second-order valence-corrected chi connectivity index (χ2v) is 6.58. The van der Waals surface area contributed by atoms with Gasteiger partial charge >= 0.3 is 17.9 Å². The standard InChI is InChI=1S/3C7H5ClO2.Sc/c3*8-6-4-2-1-3-5(6)7(9)10;/h3*1-4H,(H,9,10);. The van der Waals surface area contributed by atoms with Crippen LogP contribution in [0.1, 0.15) is 31.1 Å². The Hall–Kier alpha value is -2.19. The number of benzene rings is 3. The van der Waals surface area contributed by atoms with Crippen molar-refractivity contribution in [3.63, 3.8) is 0 Å². The molecule has 0 spiro atoms. The van der Waals surface area contributed by atoms with E-state index in [2.05, 4.69) is 0 Å². The number of halogens is 3. The molecule has 0 bridgehead atoms. The summed E-state index contributed by atoms with van der Waals surface area (Å²) in [4.78, 5) is 31.0. The Kier molecular flexibility index (Phi) is 13.7. The van der Waals surface area contributed by atoms with E-state index < -0.39 is 17.9 Å². The van der Waals surface area contributed by atoms with Gasteiger partial charge in [-0.1, -0.05) is 71.2 Å². The second kappa shape index (κ2) is 14.8. The molecular weight excluding hydrogens is 500 g/mol. The normalized spacial score (nSPS) is 9.00. The molecule has 0 heterocycles. The van der Waals surface area contributed by atoms with Crippen molar-refractivity contribution in [1.29, 1.82) is 0 Å². The molecule has 0 saturated carbocycles. The van der Waals surface area contributed by atoms with E-state index in [0.717, 1.165) is 0 Å². The zero-order valence-electron chi connectivity index (χ0n) is 15.7. The first-order chi connectivity index (χ1) is 14.1. The number of hydrogen-bond acceptors (Lipinski definition) is 3. The Labute approximate surface area is 211 Å². The van der Waals surface area contributed by atoms with Gasteiger partial charge in [-0.2, -0.15) is 0 Å². The molecule has 1 radical (unpaired) electrons. The molecule has 0 atom stereocenters. The van der Waals surface area contributed by atoms with Crippen molar-refractivity contribution in [2.75, 3.05) is 0 Å². The van der Waals surface area contributed by atoms with Gasteiger partial charge in [-0.3, -0.25) is 0 Å². The predicted octanol–water partition coefficient (Wildman–Crippen LogP) is 6.11. The molecule has 10 heteroatoms. The quantitative estimate of drug-likeness (QED) is 0.389. The molecule has 3 rings (SSSR count). The smallest absolute Gasteiger partial charge is 0.337 e. The summed E-state index contributed by atoms with van der Waals surface area (Å²) in [6.07, 6.45) is 0. The fourth-order valence-electron chi connectivity index (χ4n) is 1.90. The van der Waals surface area contributed by atoms with Gasteiger partial charge in [0.05, 0.1) is 31.8 Å². The van der Waals surface area contributed by atoms with E-state index in [0.29, 0.717) is 0 Å². The monoisotopic (exact) mass is 513 g/mol. The molecule has 0 aliphatic heterocycles.